The quantitative estimate of drug-likeness (QED) is 0.852. The Hall–Kier alpha value is -1.03. The van der Waals surface area contributed by atoms with Crippen molar-refractivity contribution < 1.29 is 4.74 Å². The summed E-state index contributed by atoms with van der Waals surface area (Å²) in [5.41, 5.74) is 2.20. The van der Waals surface area contributed by atoms with Crippen molar-refractivity contribution in [3.63, 3.8) is 0 Å². The summed E-state index contributed by atoms with van der Waals surface area (Å²) in [6.07, 6.45) is 0. The minimum atomic E-state index is 0.746. The van der Waals surface area contributed by atoms with Crippen LogP contribution in [0.15, 0.2) is 40.9 Å². The summed E-state index contributed by atoms with van der Waals surface area (Å²) < 4.78 is 6.79. The lowest BCUT2D eigenvalue weighted by atomic mass is 10.2. The van der Waals surface area contributed by atoms with Crippen LogP contribution in [0.25, 0.3) is 0 Å². The van der Waals surface area contributed by atoms with Gasteiger partial charge in [0, 0.05) is 11.6 Å². The smallest absolute Gasteiger partial charge is 0.141 e. The van der Waals surface area contributed by atoms with E-state index in [4.69, 9.17) is 16.3 Å². The molecule has 2 aromatic carbocycles. The molecule has 0 saturated carbocycles. The molecule has 4 heteroatoms. The zero-order valence-electron chi connectivity index (χ0n) is 10.8. The first-order valence-corrected chi connectivity index (χ1v) is 7.14. The standard InChI is InChI=1S/C15H15BrClNO/c1-10-7-12(4-5-14(10)17)19-15-6-3-11(9-18-2)8-13(15)16/h3-8,18H,9H2,1-2H3. The number of hydrogen-bond donors (Lipinski definition) is 1. The Kier molecular flexibility index (Phi) is 4.86. The first kappa shape index (κ1) is 14.4. The van der Waals surface area contributed by atoms with Crippen LogP contribution >= 0.6 is 27.5 Å². The fourth-order valence-electron chi connectivity index (χ4n) is 1.75. The maximum Gasteiger partial charge on any atom is 0.141 e. The molecule has 0 atom stereocenters. The molecule has 0 radical (unpaired) electrons. The molecule has 2 nitrogen and oxygen atoms in total. The first-order chi connectivity index (χ1) is 9.10. The summed E-state index contributed by atoms with van der Waals surface area (Å²) >= 11 is 9.53. The summed E-state index contributed by atoms with van der Waals surface area (Å²) in [4.78, 5) is 0. The van der Waals surface area contributed by atoms with E-state index in [1.807, 2.05) is 44.3 Å². The van der Waals surface area contributed by atoms with Crippen LogP contribution in [0.2, 0.25) is 5.02 Å². The topological polar surface area (TPSA) is 21.3 Å². The van der Waals surface area contributed by atoms with E-state index in [1.54, 1.807) is 0 Å². The van der Waals surface area contributed by atoms with E-state index in [0.717, 1.165) is 33.1 Å². The molecular formula is C15H15BrClNO. The Balaban J connectivity index is 2.20. The Morgan fingerprint density at radius 1 is 1.21 bits per heavy atom. The van der Waals surface area contributed by atoms with Crippen molar-refractivity contribution in [3.8, 4) is 11.5 Å². The van der Waals surface area contributed by atoms with Crippen LogP contribution < -0.4 is 10.1 Å². The predicted octanol–water partition coefficient (Wildman–Crippen LogP) is 4.92. The molecule has 2 rings (SSSR count). The zero-order chi connectivity index (χ0) is 13.8. The van der Waals surface area contributed by atoms with Gasteiger partial charge in [-0.15, -0.1) is 0 Å². The van der Waals surface area contributed by atoms with Crippen LogP contribution in [-0.2, 0) is 6.54 Å². The fraction of sp³-hybridized carbons (Fsp3) is 0.200. The molecule has 0 heterocycles. The third kappa shape index (κ3) is 3.72. The molecule has 0 amide bonds. The van der Waals surface area contributed by atoms with Crippen LogP contribution in [0, 0.1) is 6.92 Å². The average molecular weight is 341 g/mol. The molecule has 0 bridgehead atoms. The molecule has 0 unspecified atom stereocenters. The maximum absolute atomic E-state index is 6.00. The molecule has 0 aromatic heterocycles. The Labute approximate surface area is 126 Å². The summed E-state index contributed by atoms with van der Waals surface area (Å²) in [5, 5.41) is 3.86. The number of nitrogens with one attached hydrogen (secondary N) is 1. The van der Waals surface area contributed by atoms with E-state index in [9.17, 15) is 0 Å². The fourth-order valence-corrected chi connectivity index (χ4v) is 2.37. The van der Waals surface area contributed by atoms with Crippen LogP contribution in [0.4, 0.5) is 0 Å². The number of halogens is 2. The van der Waals surface area contributed by atoms with Crippen LogP contribution in [-0.4, -0.2) is 7.05 Å². The van der Waals surface area contributed by atoms with Gasteiger partial charge in [0.1, 0.15) is 11.5 Å². The number of benzene rings is 2. The first-order valence-electron chi connectivity index (χ1n) is 5.97. The molecule has 0 fully saturated rings. The molecule has 0 saturated heterocycles. The van der Waals surface area contributed by atoms with Crippen molar-refractivity contribution >= 4 is 27.5 Å². The molecule has 0 aliphatic carbocycles. The Morgan fingerprint density at radius 2 is 2.00 bits per heavy atom. The van der Waals surface area contributed by atoms with E-state index in [-0.39, 0.29) is 0 Å². The number of hydrogen-bond acceptors (Lipinski definition) is 2. The maximum atomic E-state index is 6.00. The van der Waals surface area contributed by atoms with Crippen molar-refractivity contribution in [2.75, 3.05) is 7.05 Å². The summed E-state index contributed by atoms with van der Waals surface area (Å²) in [6, 6.07) is 11.7. The number of rotatable bonds is 4. The lowest BCUT2D eigenvalue weighted by Gasteiger charge is -2.10. The van der Waals surface area contributed by atoms with Gasteiger partial charge in [-0.1, -0.05) is 17.7 Å². The van der Waals surface area contributed by atoms with E-state index < -0.39 is 0 Å². The highest BCUT2D eigenvalue weighted by molar-refractivity contribution is 9.10. The second kappa shape index (κ2) is 6.42. The van der Waals surface area contributed by atoms with Crippen molar-refractivity contribution in [1.82, 2.24) is 5.32 Å². The predicted molar refractivity (Wildman–Crippen MR) is 83.2 cm³/mol. The van der Waals surface area contributed by atoms with Gasteiger partial charge in [0.15, 0.2) is 0 Å². The monoisotopic (exact) mass is 339 g/mol. The molecule has 19 heavy (non-hydrogen) atoms. The highest BCUT2D eigenvalue weighted by Gasteiger charge is 2.05. The minimum Gasteiger partial charge on any atom is -0.456 e. The summed E-state index contributed by atoms with van der Waals surface area (Å²) in [6.45, 7) is 2.79. The number of aryl methyl sites for hydroxylation is 1. The highest BCUT2D eigenvalue weighted by atomic mass is 79.9. The second-order valence-electron chi connectivity index (χ2n) is 4.31. The van der Waals surface area contributed by atoms with Gasteiger partial charge in [-0.25, -0.2) is 0 Å². The molecule has 0 aliphatic heterocycles. The molecule has 1 N–H and O–H groups in total. The molecule has 2 aromatic rings. The molecular weight excluding hydrogens is 326 g/mol. The minimum absolute atomic E-state index is 0.746. The second-order valence-corrected chi connectivity index (χ2v) is 5.57. The van der Waals surface area contributed by atoms with Crippen LogP contribution in [0.5, 0.6) is 11.5 Å². The van der Waals surface area contributed by atoms with Crippen molar-refractivity contribution in [2.24, 2.45) is 0 Å². The lowest BCUT2D eigenvalue weighted by Crippen LogP contribution is -2.04. The van der Waals surface area contributed by atoms with Crippen LogP contribution in [0.3, 0.4) is 0 Å². The molecule has 0 spiro atoms. The third-order valence-corrected chi connectivity index (χ3v) is 3.78. The van der Waals surface area contributed by atoms with Crippen molar-refractivity contribution in [3.05, 3.63) is 57.0 Å². The van der Waals surface area contributed by atoms with Gasteiger partial charge in [-0.05, 0) is 71.4 Å². The van der Waals surface area contributed by atoms with Gasteiger partial charge in [0.05, 0.1) is 4.47 Å². The van der Waals surface area contributed by atoms with E-state index in [1.165, 1.54) is 5.56 Å². The third-order valence-electron chi connectivity index (χ3n) is 2.73. The lowest BCUT2D eigenvalue weighted by molar-refractivity contribution is 0.479. The van der Waals surface area contributed by atoms with Gasteiger partial charge in [0.25, 0.3) is 0 Å². The summed E-state index contributed by atoms with van der Waals surface area (Å²) in [7, 11) is 1.93. The van der Waals surface area contributed by atoms with Crippen molar-refractivity contribution in [1.29, 1.82) is 0 Å². The van der Waals surface area contributed by atoms with Gasteiger partial charge in [-0.3, -0.25) is 0 Å². The molecule has 100 valence electrons. The largest absolute Gasteiger partial charge is 0.456 e. The van der Waals surface area contributed by atoms with E-state index in [2.05, 4.69) is 27.3 Å². The zero-order valence-corrected chi connectivity index (χ0v) is 13.2. The van der Waals surface area contributed by atoms with E-state index >= 15 is 0 Å². The number of ether oxygens (including phenoxy) is 1. The van der Waals surface area contributed by atoms with Gasteiger partial charge in [0.2, 0.25) is 0 Å². The summed E-state index contributed by atoms with van der Waals surface area (Å²) in [5.74, 6) is 1.57. The van der Waals surface area contributed by atoms with Gasteiger partial charge >= 0.3 is 0 Å². The Bertz CT molecular complexity index is 586. The molecule has 0 aliphatic rings. The Morgan fingerprint density at radius 3 is 2.63 bits per heavy atom. The van der Waals surface area contributed by atoms with Crippen molar-refractivity contribution in [2.45, 2.75) is 13.5 Å². The SMILES string of the molecule is CNCc1ccc(Oc2ccc(Cl)c(C)c2)c(Br)c1. The average Bonchev–Trinajstić information content (AvgIpc) is 2.37. The van der Waals surface area contributed by atoms with E-state index in [0.29, 0.717) is 0 Å². The van der Waals surface area contributed by atoms with Gasteiger partial charge < -0.3 is 10.1 Å². The normalized spacial score (nSPS) is 10.5. The van der Waals surface area contributed by atoms with Gasteiger partial charge in [-0.2, -0.15) is 0 Å². The van der Waals surface area contributed by atoms with Crippen LogP contribution in [0.1, 0.15) is 11.1 Å². The highest BCUT2D eigenvalue weighted by Crippen LogP contribution is 2.32.